The van der Waals surface area contributed by atoms with Gasteiger partial charge in [-0.15, -0.1) is 0 Å². The minimum atomic E-state index is -3.69. The smallest absolute Gasteiger partial charge is 0.276 e. The van der Waals surface area contributed by atoms with E-state index < -0.39 is 9.05 Å². The van der Waals surface area contributed by atoms with Gasteiger partial charge in [-0.2, -0.15) is 0 Å². The molecule has 0 amide bonds. The summed E-state index contributed by atoms with van der Waals surface area (Å²) in [5, 5.41) is 0.0210. The Morgan fingerprint density at radius 2 is 1.83 bits per heavy atom. The number of nitrogens with one attached hydrogen (secondary N) is 1. The molecular weight excluding hydrogens is 274 g/mol. The Kier molecular flexibility index (Phi) is 3.63. The van der Waals surface area contributed by atoms with Gasteiger partial charge in [0.1, 0.15) is 10.8 Å². The van der Waals surface area contributed by atoms with Crippen LogP contribution in [0, 0.1) is 0 Å². The maximum Gasteiger partial charge on any atom is 0.276 e. The van der Waals surface area contributed by atoms with Crippen molar-refractivity contribution in [1.29, 1.82) is 0 Å². The second-order valence-corrected chi connectivity index (χ2v) is 6.34. The monoisotopic (exact) mass is 285 g/mol. The van der Waals surface area contributed by atoms with Gasteiger partial charge in [0.15, 0.2) is 0 Å². The summed E-state index contributed by atoms with van der Waals surface area (Å²) < 4.78 is 27.3. The molecule has 0 fully saturated rings. The Balaban J connectivity index is 2.16. The number of aromatic amines is 1. The summed E-state index contributed by atoms with van der Waals surface area (Å²) >= 11 is 0. The Labute approximate surface area is 110 Å². The molecule has 6 heteroatoms. The molecule has 0 aliphatic carbocycles. The van der Waals surface area contributed by atoms with Gasteiger partial charge in [-0.25, -0.2) is 8.42 Å². The Morgan fingerprint density at radius 1 is 1.17 bits per heavy atom. The fourth-order valence-corrected chi connectivity index (χ4v) is 2.38. The summed E-state index contributed by atoms with van der Waals surface area (Å²) in [5.41, 5.74) is 1.84. The van der Waals surface area contributed by atoms with E-state index in [0.717, 1.165) is 17.0 Å². The van der Waals surface area contributed by atoms with Crippen LogP contribution in [0.1, 0.15) is 11.3 Å². The van der Waals surface area contributed by atoms with Crippen molar-refractivity contribution in [1.82, 2.24) is 4.98 Å². The summed E-state index contributed by atoms with van der Waals surface area (Å²) in [7, 11) is 3.16. The molecule has 1 aromatic carbocycles. The van der Waals surface area contributed by atoms with E-state index in [2.05, 4.69) is 4.98 Å². The van der Waals surface area contributed by atoms with Gasteiger partial charge in [-0.05, 0) is 29.8 Å². The number of methoxy groups -OCH3 is 1. The van der Waals surface area contributed by atoms with Crippen LogP contribution in [0.5, 0.6) is 5.75 Å². The largest absolute Gasteiger partial charge is 0.497 e. The quantitative estimate of drug-likeness (QED) is 0.878. The molecule has 4 nitrogen and oxygen atoms in total. The van der Waals surface area contributed by atoms with E-state index in [1.54, 1.807) is 13.2 Å². The van der Waals surface area contributed by atoms with Crippen molar-refractivity contribution in [2.45, 2.75) is 11.4 Å². The minimum absolute atomic E-state index is 0.0210. The lowest BCUT2D eigenvalue weighted by Crippen LogP contribution is -1.93. The number of halogens is 1. The molecule has 1 N–H and O–H groups in total. The van der Waals surface area contributed by atoms with E-state index in [4.69, 9.17) is 15.4 Å². The van der Waals surface area contributed by atoms with Crippen molar-refractivity contribution in [3.05, 3.63) is 47.7 Å². The topological polar surface area (TPSA) is 59.2 Å². The van der Waals surface area contributed by atoms with Gasteiger partial charge in [-0.1, -0.05) is 12.1 Å². The van der Waals surface area contributed by atoms with E-state index >= 15 is 0 Å². The molecule has 0 aliphatic heterocycles. The van der Waals surface area contributed by atoms with E-state index in [1.807, 2.05) is 24.3 Å². The zero-order chi connectivity index (χ0) is 13.2. The minimum Gasteiger partial charge on any atom is -0.497 e. The van der Waals surface area contributed by atoms with Gasteiger partial charge in [-0.3, -0.25) is 0 Å². The van der Waals surface area contributed by atoms with Crippen molar-refractivity contribution in [3.63, 3.8) is 0 Å². The fraction of sp³-hybridized carbons (Fsp3) is 0.167. The highest BCUT2D eigenvalue weighted by atomic mass is 35.7. The number of hydrogen-bond acceptors (Lipinski definition) is 3. The van der Waals surface area contributed by atoms with Crippen LogP contribution in [0.2, 0.25) is 0 Å². The van der Waals surface area contributed by atoms with E-state index in [9.17, 15) is 8.42 Å². The fourth-order valence-electron chi connectivity index (χ4n) is 1.63. The van der Waals surface area contributed by atoms with Crippen molar-refractivity contribution >= 4 is 19.7 Å². The van der Waals surface area contributed by atoms with Crippen LogP contribution in [0.25, 0.3) is 0 Å². The molecule has 0 aliphatic rings. The number of benzene rings is 1. The zero-order valence-corrected chi connectivity index (χ0v) is 11.3. The first-order valence-corrected chi connectivity index (χ1v) is 7.55. The predicted octanol–water partition coefficient (Wildman–Crippen LogP) is 2.54. The third-order valence-corrected chi connectivity index (χ3v) is 3.80. The molecule has 0 saturated heterocycles. The summed E-state index contributed by atoms with van der Waals surface area (Å²) in [6.07, 6.45) is 0.608. The molecule has 1 aromatic heterocycles. The zero-order valence-electron chi connectivity index (χ0n) is 9.68. The molecular formula is C12H12ClNO3S. The summed E-state index contributed by atoms with van der Waals surface area (Å²) in [5.74, 6) is 0.786. The van der Waals surface area contributed by atoms with Crippen molar-refractivity contribution in [2.24, 2.45) is 0 Å². The molecule has 18 heavy (non-hydrogen) atoms. The SMILES string of the molecule is COc1ccc(Cc2ccc(S(=O)(=O)Cl)[nH]2)cc1. The second-order valence-electron chi connectivity index (χ2n) is 3.81. The van der Waals surface area contributed by atoms with E-state index in [1.165, 1.54) is 6.07 Å². The van der Waals surface area contributed by atoms with Crippen LogP contribution in [0.3, 0.4) is 0 Å². The van der Waals surface area contributed by atoms with Crippen molar-refractivity contribution < 1.29 is 13.2 Å². The number of H-pyrrole nitrogens is 1. The van der Waals surface area contributed by atoms with Crippen LogP contribution in [0.4, 0.5) is 0 Å². The van der Waals surface area contributed by atoms with Gasteiger partial charge in [0.2, 0.25) is 0 Å². The second kappa shape index (κ2) is 5.04. The van der Waals surface area contributed by atoms with Gasteiger partial charge < -0.3 is 9.72 Å². The van der Waals surface area contributed by atoms with Gasteiger partial charge in [0.25, 0.3) is 9.05 Å². The molecule has 0 radical (unpaired) electrons. The molecule has 0 saturated carbocycles. The third kappa shape index (κ3) is 3.05. The van der Waals surface area contributed by atoms with Crippen LogP contribution < -0.4 is 4.74 Å². The Bertz CT molecular complexity index is 632. The standard InChI is InChI=1S/C12H12ClNO3S/c1-17-11-5-2-9(3-6-11)8-10-4-7-12(14-10)18(13,15)16/h2-7,14H,8H2,1H3. The normalized spacial score (nSPS) is 11.4. The highest BCUT2D eigenvalue weighted by molar-refractivity contribution is 8.13. The van der Waals surface area contributed by atoms with E-state index in [0.29, 0.717) is 6.42 Å². The molecule has 0 spiro atoms. The average molecular weight is 286 g/mol. The molecule has 2 aromatic rings. The predicted molar refractivity (Wildman–Crippen MR) is 69.6 cm³/mol. The lowest BCUT2D eigenvalue weighted by Gasteiger charge is -2.02. The molecule has 0 bridgehead atoms. The summed E-state index contributed by atoms with van der Waals surface area (Å²) in [4.78, 5) is 2.78. The maximum absolute atomic E-state index is 11.1. The molecule has 2 rings (SSSR count). The number of rotatable bonds is 4. The van der Waals surface area contributed by atoms with E-state index in [-0.39, 0.29) is 5.03 Å². The number of hydrogen-bond donors (Lipinski definition) is 1. The first kappa shape index (κ1) is 13.0. The first-order valence-electron chi connectivity index (χ1n) is 5.24. The van der Waals surface area contributed by atoms with Gasteiger partial charge in [0, 0.05) is 22.8 Å². The summed E-state index contributed by atoms with van der Waals surface area (Å²) in [6, 6.07) is 10.7. The molecule has 1 heterocycles. The Hall–Kier alpha value is -1.46. The van der Waals surface area contributed by atoms with Crippen molar-refractivity contribution in [3.8, 4) is 5.75 Å². The van der Waals surface area contributed by atoms with Crippen LogP contribution in [-0.4, -0.2) is 20.5 Å². The van der Waals surface area contributed by atoms with Gasteiger partial charge in [0.05, 0.1) is 7.11 Å². The highest BCUT2D eigenvalue weighted by Crippen LogP contribution is 2.17. The van der Waals surface area contributed by atoms with Crippen LogP contribution in [-0.2, 0) is 15.5 Å². The third-order valence-electron chi connectivity index (χ3n) is 2.54. The maximum atomic E-state index is 11.1. The highest BCUT2D eigenvalue weighted by Gasteiger charge is 2.12. The van der Waals surface area contributed by atoms with Crippen LogP contribution >= 0.6 is 10.7 Å². The molecule has 0 atom stereocenters. The van der Waals surface area contributed by atoms with Crippen molar-refractivity contribution in [2.75, 3.05) is 7.11 Å². The van der Waals surface area contributed by atoms with Gasteiger partial charge >= 0.3 is 0 Å². The number of aromatic nitrogens is 1. The number of ether oxygens (including phenoxy) is 1. The molecule has 0 unspecified atom stereocenters. The average Bonchev–Trinajstić information content (AvgIpc) is 2.78. The first-order chi connectivity index (χ1) is 8.49. The lowest BCUT2D eigenvalue weighted by molar-refractivity contribution is 0.414. The Morgan fingerprint density at radius 3 is 2.33 bits per heavy atom. The molecule has 96 valence electrons. The lowest BCUT2D eigenvalue weighted by atomic mass is 10.1. The summed E-state index contributed by atoms with van der Waals surface area (Å²) in [6.45, 7) is 0. The van der Waals surface area contributed by atoms with Crippen LogP contribution in [0.15, 0.2) is 41.4 Å².